The number of rotatable bonds is 6. The number of amides is 1. The Morgan fingerprint density at radius 3 is 2.29 bits per heavy atom. The lowest BCUT2D eigenvalue weighted by molar-refractivity contribution is 0.103. The van der Waals surface area contributed by atoms with E-state index < -0.39 is 10.0 Å². The van der Waals surface area contributed by atoms with Crippen LogP contribution < -0.4 is 14.9 Å². The van der Waals surface area contributed by atoms with Crippen LogP contribution in [0.15, 0.2) is 59.5 Å². The second-order valence-electron chi connectivity index (χ2n) is 6.25. The summed E-state index contributed by atoms with van der Waals surface area (Å²) < 4.78 is 27.3. The van der Waals surface area contributed by atoms with E-state index in [-0.39, 0.29) is 15.9 Å². The number of nitrogens with one attached hydrogen (secondary N) is 2. The number of carbonyl (C=O) groups is 1. The predicted molar refractivity (Wildman–Crippen MR) is 113 cm³/mol. The third kappa shape index (κ3) is 4.49. The molecule has 9 heteroatoms. The van der Waals surface area contributed by atoms with Gasteiger partial charge in [0.25, 0.3) is 15.9 Å². The van der Waals surface area contributed by atoms with Gasteiger partial charge in [-0.3, -0.25) is 9.52 Å². The van der Waals surface area contributed by atoms with Gasteiger partial charge in [0.05, 0.1) is 10.6 Å². The highest BCUT2D eigenvalue weighted by Gasteiger charge is 2.20. The third-order valence-electron chi connectivity index (χ3n) is 3.92. The molecular weight excluding hydrogens is 396 g/mol. The van der Waals surface area contributed by atoms with Crippen molar-refractivity contribution in [2.45, 2.75) is 11.8 Å². The topological polar surface area (TPSA) is 91.4 Å². The first-order valence-electron chi connectivity index (χ1n) is 8.40. The van der Waals surface area contributed by atoms with Gasteiger partial charge < -0.3 is 10.2 Å². The molecule has 0 unspecified atom stereocenters. The lowest BCUT2D eigenvalue weighted by Crippen LogP contribution is -2.12. The van der Waals surface area contributed by atoms with Crippen LogP contribution in [0.4, 0.5) is 16.5 Å². The van der Waals surface area contributed by atoms with Gasteiger partial charge in [-0.1, -0.05) is 29.5 Å². The molecule has 0 spiro atoms. The Morgan fingerprint density at radius 1 is 1.04 bits per heavy atom. The smallest absolute Gasteiger partial charge is 0.267 e. The summed E-state index contributed by atoms with van der Waals surface area (Å²) in [5, 5.41) is 2.96. The highest BCUT2D eigenvalue weighted by Crippen LogP contribution is 2.26. The number of aromatic nitrogens is 1. The van der Waals surface area contributed by atoms with Crippen LogP contribution in [0.5, 0.6) is 0 Å². The average Bonchev–Trinajstić information content (AvgIpc) is 3.02. The molecule has 0 saturated heterocycles. The maximum absolute atomic E-state index is 12.6. The number of sulfonamides is 1. The van der Waals surface area contributed by atoms with E-state index in [0.717, 1.165) is 17.0 Å². The van der Waals surface area contributed by atoms with E-state index in [1.165, 1.54) is 12.1 Å². The summed E-state index contributed by atoms with van der Waals surface area (Å²) in [5.74, 6) is -0.335. The summed E-state index contributed by atoms with van der Waals surface area (Å²) in [6, 6.07) is 15.4. The second kappa shape index (κ2) is 7.99. The third-order valence-corrected chi connectivity index (χ3v) is 6.48. The monoisotopic (exact) mass is 416 g/mol. The Hall–Kier alpha value is -2.91. The van der Waals surface area contributed by atoms with E-state index in [1.807, 2.05) is 43.3 Å². The molecule has 1 heterocycles. The van der Waals surface area contributed by atoms with Gasteiger partial charge >= 0.3 is 0 Å². The summed E-state index contributed by atoms with van der Waals surface area (Å²) in [6.07, 6.45) is 0. The summed E-state index contributed by atoms with van der Waals surface area (Å²) in [7, 11) is 0.121. The minimum absolute atomic E-state index is 0.134. The Balaban J connectivity index is 1.75. The maximum atomic E-state index is 12.6. The van der Waals surface area contributed by atoms with Gasteiger partial charge in [-0.05, 0) is 43.3 Å². The molecule has 2 N–H and O–H groups in total. The molecule has 7 nitrogen and oxygen atoms in total. The molecule has 0 radical (unpaired) electrons. The Labute approximate surface area is 168 Å². The van der Waals surface area contributed by atoms with Crippen molar-refractivity contribution in [2.24, 2.45) is 0 Å². The van der Waals surface area contributed by atoms with Crippen LogP contribution in [0.3, 0.4) is 0 Å². The van der Waals surface area contributed by atoms with Gasteiger partial charge in [-0.25, -0.2) is 13.4 Å². The summed E-state index contributed by atoms with van der Waals surface area (Å²) in [5.41, 5.74) is 2.12. The van der Waals surface area contributed by atoms with Crippen LogP contribution in [0.25, 0.3) is 0 Å². The number of hydrogen-bond donors (Lipinski definition) is 2. The Morgan fingerprint density at radius 2 is 1.68 bits per heavy atom. The first-order chi connectivity index (χ1) is 13.3. The Kier molecular flexibility index (Phi) is 5.66. The molecule has 0 aliphatic carbocycles. The van der Waals surface area contributed by atoms with Crippen LogP contribution in [-0.4, -0.2) is 33.4 Å². The predicted octanol–water partition coefficient (Wildman–Crippen LogP) is 3.57. The summed E-state index contributed by atoms with van der Waals surface area (Å²) >= 11 is 0.995. The molecule has 1 amide bonds. The molecule has 0 atom stereocenters. The molecule has 2 aromatic carbocycles. The molecular formula is C19H20N4O3S2. The fourth-order valence-electron chi connectivity index (χ4n) is 2.46. The van der Waals surface area contributed by atoms with Crippen LogP contribution in [-0.2, 0) is 10.0 Å². The molecule has 28 heavy (non-hydrogen) atoms. The molecule has 0 fully saturated rings. The molecule has 0 bridgehead atoms. The lowest BCUT2D eigenvalue weighted by atomic mass is 10.2. The van der Waals surface area contributed by atoms with Crippen LogP contribution in [0.2, 0.25) is 0 Å². The van der Waals surface area contributed by atoms with Gasteiger partial charge in [0.1, 0.15) is 4.88 Å². The number of anilines is 3. The van der Waals surface area contributed by atoms with Crippen LogP contribution >= 0.6 is 11.3 Å². The lowest BCUT2D eigenvalue weighted by Gasteiger charge is -2.12. The quantitative estimate of drug-likeness (QED) is 0.641. The van der Waals surface area contributed by atoms with E-state index in [2.05, 4.69) is 15.0 Å². The molecule has 0 aliphatic rings. The van der Waals surface area contributed by atoms with Crippen molar-refractivity contribution in [1.82, 2.24) is 4.98 Å². The van der Waals surface area contributed by atoms with Crippen molar-refractivity contribution in [3.05, 3.63) is 65.2 Å². The van der Waals surface area contributed by atoms with E-state index >= 15 is 0 Å². The van der Waals surface area contributed by atoms with E-state index in [0.29, 0.717) is 16.3 Å². The molecule has 1 aromatic heterocycles. The molecule has 0 aliphatic heterocycles. The fourth-order valence-corrected chi connectivity index (χ4v) is 4.57. The van der Waals surface area contributed by atoms with Crippen molar-refractivity contribution in [1.29, 1.82) is 0 Å². The zero-order valence-corrected chi connectivity index (χ0v) is 17.3. The summed E-state index contributed by atoms with van der Waals surface area (Å²) in [4.78, 5) is 19.2. The number of nitrogens with zero attached hydrogens (tertiary/aromatic N) is 2. The largest absolute Gasteiger partial charge is 0.378 e. The molecule has 146 valence electrons. The number of thiazole rings is 1. The molecule has 0 saturated carbocycles. The van der Waals surface area contributed by atoms with Crippen molar-refractivity contribution >= 4 is 43.8 Å². The van der Waals surface area contributed by atoms with E-state index in [1.54, 1.807) is 25.1 Å². The first kappa shape index (κ1) is 19.8. The van der Waals surface area contributed by atoms with Crippen LogP contribution in [0.1, 0.15) is 15.4 Å². The van der Waals surface area contributed by atoms with E-state index in [4.69, 9.17) is 0 Å². The average molecular weight is 417 g/mol. The van der Waals surface area contributed by atoms with Crippen molar-refractivity contribution in [2.75, 3.05) is 29.0 Å². The van der Waals surface area contributed by atoms with Gasteiger partial charge in [0.2, 0.25) is 0 Å². The van der Waals surface area contributed by atoms with Gasteiger partial charge in [-0.2, -0.15) is 0 Å². The highest BCUT2D eigenvalue weighted by atomic mass is 32.2. The summed E-state index contributed by atoms with van der Waals surface area (Å²) in [6.45, 7) is 1.67. The first-order valence-corrected chi connectivity index (χ1v) is 10.7. The minimum Gasteiger partial charge on any atom is -0.378 e. The van der Waals surface area contributed by atoms with Gasteiger partial charge in [0, 0.05) is 25.5 Å². The standard InChI is InChI=1S/C19H20N4O3S2/c1-13-17(18(24)21-14-9-11-15(12-10-14)23(2)3)27-19(20-13)22-28(25,26)16-7-5-4-6-8-16/h4-12H,1-3H3,(H,20,22)(H,21,24). The normalized spacial score (nSPS) is 11.1. The second-order valence-corrected chi connectivity index (χ2v) is 8.93. The number of hydrogen-bond acceptors (Lipinski definition) is 6. The SMILES string of the molecule is Cc1nc(NS(=O)(=O)c2ccccc2)sc1C(=O)Nc1ccc(N(C)C)cc1. The maximum Gasteiger partial charge on any atom is 0.267 e. The van der Waals surface area contributed by atoms with Crippen molar-refractivity contribution in [3.63, 3.8) is 0 Å². The highest BCUT2D eigenvalue weighted by molar-refractivity contribution is 7.93. The number of aryl methyl sites for hydroxylation is 1. The zero-order chi connectivity index (χ0) is 20.3. The minimum atomic E-state index is -3.75. The van der Waals surface area contributed by atoms with Gasteiger partial charge in [0.15, 0.2) is 5.13 Å². The van der Waals surface area contributed by atoms with Crippen molar-refractivity contribution < 1.29 is 13.2 Å². The van der Waals surface area contributed by atoms with Crippen LogP contribution in [0, 0.1) is 6.92 Å². The van der Waals surface area contributed by atoms with Crippen molar-refractivity contribution in [3.8, 4) is 0 Å². The van der Waals surface area contributed by atoms with E-state index in [9.17, 15) is 13.2 Å². The fraction of sp³-hybridized carbons (Fsp3) is 0.158. The number of benzene rings is 2. The number of carbonyl (C=O) groups excluding carboxylic acids is 1. The molecule has 3 rings (SSSR count). The molecule has 3 aromatic rings. The zero-order valence-electron chi connectivity index (χ0n) is 15.6. The van der Waals surface area contributed by atoms with Gasteiger partial charge in [-0.15, -0.1) is 0 Å². The Bertz CT molecular complexity index is 1080.